The molecule has 98 valence electrons. The first-order valence-corrected chi connectivity index (χ1v) is 6.59. The molecular weight excluding hydrogens is 218 g/mol. The maximum atomic E-state index is 11.0. The van der Waals surface area contributed by atoms with Gasteiger partial charge in [-0.2, -0.15) is 0 Å². The van der Waals surface area contributed by atoms with Gasteiger partial charge in [0, 0.05) is 25.7 Å². The summed E-state index contributed by atoms with van der Waals surface area (Å²) in [6.07, 6.45) is 5.97. The molecule has 17 heavy (non-hydrogen) atoms. The predicted octanol–water partition coefficient (Wildman–Crippen LogP) is 0.424. The van der Waals surface area contributed by atoms with E-state index in [0.717, 1.165) is 51.6 Å². The van der Waals surface area contributed by atoms with Crippen molar-refractivity contribution in [3.8, 4) is 0 Å². The average molecular weight is 241 g/mol. The van der Waals surface area contributed by atoms with Gasteiger partial charge in [0.15, 0.2) is 0 Å². The van der Waals surface area contributed by atoms with E-state index in [2.05, 4.69) is 5.32 Å². The van der Waals surface area contributed by atoms with Crippen molar-refractivity contribution in [1.82, 2.24) is 10.2 Å². The molecule has 0 aromatic rings. The number of amides is 2. The molecule has 5 nitrogen and oxygen atoms in total. The SMILES string of the molecule is NC(=O)N1CCC(NCC2(O)CCCC2)CC1. The Kier molecular flexibility index (Phi) is 3.89. The van der Waals surface area contributed by atoms with Gasteiger partial charge in [-0.25, -0.2) is 4.79 Å². The molecule has 0 aromatic carbocycles. The number of rotatable bonds is 3. The number of urea groups is 1. The number of nitrogens with zero attached hydrogens (tertiary/aromatic N) is 1. The maximum Gasteiger partial charge on any atom is 0.314 e. The molecule has 1 heterocycles. The number of aliphatic hydroxyl groups is 1. The third-order valence-corrected chi connectivity index (χ3v) is 4.06. The van der Waals surface area contributed by atoms with Gasteiger partial charge in [0.05, 0.1) is 5.60 Å². The molecule has 4 N–H and O–H groups in total. The van der Waals surface area contributed by atoms with E-state index in [1.807, 2.05) is 0 Å². The number of hydrogen-bond donors (Lipinski definition) is 3. The molecule has 2 fully saturated rings. The lowest BCUT2D eigenvalue weighted by Gasteiger charge is -2.33. The summed E-state index contributed by atoms with van der Waals surface area (Å²) in [4.78, 5) is 12.6. The van der Waals surface area contributed by atoms with Crippen LogP contribution in [0.5, 0.6) is 0 Å². The van der Waals surface area contributed by atoms with Gasteiger partial charge >= 0.3 is 6.03 Å². The fourth-order valence-electron chi connectivity index (χ4n) is 2.85. The van der Waals surface area contributed by atoms with Crippen LogP contribution in [0.3, 0.4) is 0 Å². The molecule has 0 spiro atoms. The lowest BCUT2D eigenvalue weighted by atomic mass is 10.00. The molecule has 1 aliphatic heterocycles. The normalized spacial score (nSPS) is 25.1. The Labute approximate surface area is 102 Å². The monoisotopic (exact) mass is 241 g/mol. The van der Waals surface area contributed by atoms with Crippen molar-refractivity contribution in [3.05, 3.63) is 0 Å². The standard InChI is InChI=1S/C12H23N3O2/c13-11(16)15-7-3-10(4-8-15)14-9-12(17)5-1-2-6-12/h10,14,17H,1-9H2,(H2,13,16). The molecule has 1 saturated carbocycles. The van der Waals surface area contributed by atoms with Gasteiger partial charge in [0.2, 0.25) is 0 Å². The van der Waals surface area contributed by atoms with E-state index in [4.69, 9.17) is 5.73 Å². The molecule has 1 aliphatic carbocycles. The molecule has 0 unspecified atom stereocenters. The van der Waals surface area contributed by atoms with E-state index < -0.39 is 5.60 Å². The summed E-state index contributed by atoms with van der Waals surface area (Å²) in [7, 11) is 0. The topological polar surface area (TPSA) is 78.6 Å². The molecule has 0 aromatic heterocycles. The molecule has 0 bridgehead atoms. The van der Waals surface area contributed by atoms with E-state index in [0.29, 0.717) is 12.6 Å². The lowest BCUT2D eigenvalue weighted by molar-refractivity contribution is 0.0423. The number of likely N-dealkylation sites (tertiary alicyclic amines) is 1. The minimum absolute atomic E-state index is 0.321. The van der Waals surface area contributed by atoms with E-state index >= 15 is 0 Å². The smallest absolute Gasteiger partial charge is 0.314 e. The maximum absolute atomic E-state index is 11.0. The fourth-order valence-corrected chi connectivity index (χ4v) is 2.85. The van der Waals surface area contributed by atoms with Crippen LogP contribution in [0.2, 0.25) is 0 Å². The average Bonchev–Trinajstić information content (AvgIpc) is 2.75. The van der Waals surface area contributed by atoms with Gasteiger partial charge in [-0.15, -0.1) is 0 Å². The summed E-state index contributed by atoms with van der Waals surface area (Å²) in [5.74, 6) is 0. The molecule has 1 saturated heterocycles. The Balaban J connectivity index is 1.69. The van der Waals surface area contributed by atoms with Crippen LogP contribution in [0.25, 0.3) is 0 Å². The highest BCUT2D eigenvalue weighted by Crippen LogP contribution is 2.28. The van der Waals surface area contributed by atoms with Gasteiger partial charge in [0.25, 0.3) is 0 Å². The quantitative estimate of drug-likeness (QED) is 0.670. The van der Waals surface area contributed by atoms with Gasteiger partial charge in [-0.05, 0) is 25.7 Å². The molecule has 0 radical (unpaired) electrons. The molecule has 0 atom stereocenters. The number of carbonyl (C=O) groups is 1. The van der Waals surface area contributed by atoms with Gasteiger partial charge in [0.1, 0.15) is 0 Å². The Morgan fingerprint density at radius 1 is 1.35 bits per heavy atom. The summed E-state index contributed by atoms with van der Waals surface area (Å²) >= 11 is 0. The first-order valence-electron chi connectivity index (χ1n) is 6.59. The van der Waals surface area contributed by atoms with Crippen molar-refractivity contribution >= 4 is 6.03 Å². The zero-order chi connectivity index (χ0) is 12.3. The Hall–Kier alpha value is -0.810. The fraction of sp³-hybridized carbons (Fsp3) is 0.917. The van der Waals surface area contributed by atoms with E-state index in [-0.39, 0.29) is 6.03 Å². The van der Waals surface area contributed by atoms with E-state index in [1.54, 1.807) is 4.90 Å². The van der Waals surface area contributed by atoms with Crippen LogP contribution in [-0.2, 0) is 0 Å². The molecule has 2 aliphatic rings. The second kappa shape index (κ2) is 5.23. The van der Waals surface area contributed by atoms with Crippen molar-refractivity contribution in [2.24, 2.45) is 5.73 Å². The van der Waals surface area contributed by atoms with Crippen LogP contribution in [0.4, 0.5) is 4.79 Å². The summed E-state index contributed by atoms with van der Waals surface area (Å²) < 4.78 is 0. The van der Waals surface area contributed by atoms with Crippen LogP contribution in [0, 0.1) is 0 Å². The lowest BCUT2D eigenvalue weighted by Crippen LogP contribution is -2.49. The third-order valence-electron chi connectivity index (χ3n) is 4.06. The molecular formula is C12H23N3O2. The first kappa shape index (κ1) is 12.6. The summed E-state index contributed by atoms with van der Waals surface area (Å²) in [5.41, 5.74) is 4.75. The Bertz CT molecular complexity index is 269. The highest BCUT2D eigenvalue weighted by molar-refractivity contribution is 5.72. The predicted molar refractivity (Wildman–Crippen MR) is 65.6 cm³/mol. The van der Waals surface area contributed by atoms with Crippen molar-refractivity contribution in [2.75, 3.05) is 19.6 Å². The Morgan fingerprint density at radius 2 is 1.94 bits per heavy atom. The van der Waals surface area contributed by atoms with Crippen LogP contribution >= 0.6 is 0 Å². The van der Waals surface area contributed by atoms with Crippen LogP contribution in [-0.4, -0.2) is 47.3 Å². The summed E-state index contributed by atoms with van der Waals surface area (Å²) in [6, 6.07) is 0.0908. The van der Waals surface area contributed by atoms with Gasteiger partial charge in [-0.3, -0.25) is 0 Å². The third kappa shape index (κ3) is 3.33. The zero-order valence-electron chi connectivity index (χ0n) is 10.3. The second-order valence-electron chi connectivity index (χ2n) is 5.41. The minimum Gasteiger partial charge on any atom is -0.389 e. The molecule has 2 rings (SSSR count). The van der Waals surface area contributed by atoms with Crippen LogP contribution in [0.15, 0.2) is 0 Å². The van der Waals surface area contributed by atoms with Crippen molar-refractivity contribution in [2.45, 2.75) is 50.2 Å². The molecule has 2 amide bonds. The number of nitrogens with two attached hydrogens (primary N) is 1. The highest BCUT2D eigenvalue weighted by Gasteiger charge is 2.32. The van der Waals surface area contributed by atoms with Crippen LogP contribution in [0.1, 0.15) is 38.5 Å². The first-order chi connectivity index (χ1) is 8.09. The number of nitrogens with one attached hydrogen (secondary N) is 1. The summed E-state index contributed by atoms with van der Waals surface area (Å²) in [6.45, 7) is 2.14. The van der Waals surface area contributed by atoms with E-state index in [9.17, 15) is 9.90 Å². The highest BCUT2D eigenvalue weighted by atomic mass is 16.3. The Morgan fingerprint density at radius 3 is 2.47 bits per heavy atom. The van der Waals surface area contributed by atoms with Gasteiger partial charge < -0.3 is 21.1 Å². The molecule has 5 heteroatoms. The zero-order valence-corrected chi connectivity index (χ0v) is 10.3. The van der Waals surface area contributed by atoms with Crippen molar-refractivity contribution in [1.29, 1.82) is 0 Å². The van der Waals surface area contributed by atoms with Crippen LogP contribution < -0.4 is 11.1 Å². The number of piperidine rings is 1. The number of carbonyl (C=O) groups excluding carboxylic acids is 1. The second-order valence-corrected chi connectivity index (χ2v) is 5.41. The minimum atomic E-state index is -0.485. The van der Waals surface area contributed by atoms with Crippen molar-refractivity contribution < 1.29 is 9.90 Å². The van der Waals surface area contributed by atoms with Gasteiger partial charge in [-0.1, -0.05) is 12.8 Å². The largest absolute Gasteiger partial charge is 0.389 e. The van der Waals surface area contributed by atoms with Crippen molar-refractivity contribution in [3.63, 3.8) is 0 Å². The number of primary amides is 1. The number of hydrogen-bond acceptors (Lipinski definition) is 3. The summed E-state index contributed by atoms with van der Waals surface area (Å²) in [5, 5.41) is 13.6. The van der Waals surface area contributed by atoms with E-state index in [1.165, 1.54) is 0 Å².